The van der Waals surface area contributed by atoms with E-state index in [-0.39, 0.29) is 11.5 Å². The lowest BCUT2D eigenvalue weighted by Crippen LogP contribution is -2.26. The van der Waals surface area contributed by atoms with E-state index in [2.05, 4.69) is 9.88 Å². The highest BCUT2D eigenvalue weighted by Gasteiger charge is 2.13. The van der Waals surface area contributed by atoms with E-state index in [0.29, 0.717) is 19.6 Å². The van der Waals surface area contributed by atoms with Gasteiger partial charge in [-0.1, -0.05) is 0 Å². The van der Waals surface area contributed by atoms with Crippen molar-refractivity contribution in [1.29, 1.82) is 5.26 Å². The van der Waals surface area contributed by atoms with Crippen molar-refractivity contribution in [2.24, 2.45) is 0 Å². The molecule has 1 aromatic carbocycles. The second-order valence-corrected chi connectivity index (χ2v) is 6.13. The Morgan fingerprint density at radius 3 is 2.56 bits per heavy atom. The van der Waals surface area contributed by atoms with Crippen molar-refractivity contribution in [3.05, 3.63) is 52.9 Å². The normalized spacial score (nSPS) is 11.1. The molecule has 0 aliphatic carbocycles. The Labute approximate surface area is 160 Å². The number of aromatic nitrogens is 1. The van der Waals surface area contributed by atoms with Crippen LogP contribution in [0.2, 0.25) is 0 Å². The van der Waals surface area contributed by atoms with Crippen molar-refractivity contribution >= 4 is 12.0 Å². The molecular formula is C21H25N3O3. The number of amides is 1. The molecule has 0 bridgehead atoms. The first kappa shape index (κ1) is 20.3. The first-order valence-corrected chi connectivity index (χ1v) is 8.74. The fraction of sp³-hybridized carbons (Fsp3) is 0.333. The molecule has 0 aliphatic heterocycles. The number of carbonyl (C=O) groups is 1. The number of nitrogens with zero attached hydrogens (tertiary/aromatic N) is 2. The van der Waals surface area contributed by atoms with Crippen LogP contribution in [0.4, 0.5) is 0 Å². The molecule has 27 heavy (non-hydrogen) atoms. The van der Waals surface area contributed by atoms with Gasteiger partial charge < -0.3 is 19.4 Å². The van der Waals surface area contributed by atoms with E-state index in [0.717, 1.165) is 28.4 Å². The molecule has 1 amide bonds. The maximum atomic E-state index is 12.2. The van der Waals surface area contributed by atoms with Crippen molar-refractivity contribution in [2.45, 2.75) is 20.3 Å². The van der Waals surface area contributed by atoms with Crippen molar-refractivity contribution in [3.8, 4) is 17.5 Å². The SMILES string of the molecule is COCCCNC(=O)C(C#N)=Cc1cc(C)n(-c2ccc(OC)cc2)c1C. The molecule has 1 heterocycles. The van der Waals surface area contributed by atoms with E-state index < -0.39 is 0 Å². The van der Waals surface area contributed by atoms with Gasteiger partial charge in [-0.05, 0) is 62.2 Å². The van der Waals surface area contributed by atoms with Crippen molar-refractivity contribution in [1.82, 2.24) is 9.88 Å². The maximum absolute atomic E-state index is 12.2. The van der Waals surface area contributed by atoms with Crippen LogP contribution in [0.15, 0.2) is 35.9 Å². The van der Waals surface area contributed by atoms with E-state index in [9.17, 15) is 10.1 Å². The number of nitrogens with one attached hydrogen (secondary N) is 1. The van der Waals surface area contributed by atoms with Crippen LogP contribution < -0.4 is 10.1 Å². The predicted molar refractivity (Wildman–Crippen MR) is 105 cm³/mol. The molecule has 2 rings (SSSR count). The maximum Gasteiger partial charge on any atom is 0.261 e. The van der Waals surface area contributed by atoms with Crippen LogP contribution in [-0.4, -0.2) is 37.8 Å². The molecule has 1 N–H and O–H groups in total. The van der Waals surface area contributed by atoms with Gasteiger partial charge in [0.05, 0.1) is 7.11 Å². The van der Waals surface area contributed by atoms with Gasteiger partial charge in [0, 0.05) is 37.3 Å². The first-order valence-electron chi connectivity index (χ1n) is 8.74. The third kappa shape index (κ3) is 4.99. The molecule has 6 nitrogen and oxygen atoms in total. The molecule has 0 atom stereocenters. The zero-order valence-electron chi connectivity index (χ0n) is 16.2. The number of nitriles is 1. The summed E-state index contributed by atoms with van der Waals surface area (Å²) in [4.78, 5) is 12.2. The largest absolute Gasteiger partial charge is 0.497 e. The summed E-state index contributed by atoms with van der Waals surface area (Å²) in [5, 5.41) is 12.1. The number of aryl methyl sites for hydroxylation is 1. The summed E-state index contributed by atoms with van der Waals surface area (Å²) >= 11 is 0. The fourth-order valence-electron chi connectivity index (χ4n) is 2.88. The van der Waals surface area contributed by atoms with Gasteiger partial charge >= 0.3 is 0 Å². The van der Waals surface area contributed by atoms with Gasteiger partial charge in [0.15, 0.2) is 0 Å². The first-order chi connectivity index (χ1) is 13.0. The summed E-state index contributed by atoms with van der Waals surface area (Å²) < 4.78 is 12.2. The lowest BCUT2D eigenvalue weighted by Gasteiger charge is -2.10. The second kappa shape index (κ2) is 9.60. The predicted octanol–water partition coefficient (Wildman–Crippen LogP) is 3.16. The molecule has 0 aliphatic rings. The molecule has 0 saturated carbocycles. The highest BCUT2D eigenvalue weighted by Crippen LogP contribution is 2.24. The van der Waals surface area contributed by atoms with Crippen LogP contribution in [0.25, 0.3) is 11.8 Å². The highest BCUT2D eigenvalue weighted by atomic mass is 16.5. The monoisotopic (exact) mass is 367 g/mol. The number of methoxy groups -OCH3 is 2. The van der Waals surface area contributed by atoms with E-state index in [4.69, 9.17) is 9.47 Å². The Hall–Kier alpha value is -3.04. The Morgan fingerprint density at radius 2 is 1.96 bits per heavy atom. The second-order valence-electron chi connectivity index (χ2n) is 6.13. The van der Waals surface area contributed by atoms with Crippen LogP contribution in [0.1, 0.15) is 23.4 Å². The van der Waals surface area contributed by atoms with Crippen LogP contribution in [0, 0.1) is 25.2 Å². The average Bonchev–Trinajstić information content (AvgIpc) is 2.96. The number of carbonyl (C=O) groups excluding carboxylic acids is 1. The van der Waals surface area contributed by atoms with Gasteiger partial charge in [0.25, 0.3) is 5.91 Å². The van der Waals surface area contributed by atoms with E-state index in [1.807, 2.05) is 50.2 Å². The van der Waals surface area contributed by atoms with Crippen molar-refractivity contribution in [2.75, 3.05) is 27.4 Å². The van der Waals surface area contributed by atoms with Gasteiger partial charge in [0.1, 0.15) is 17.4 Å². The molecule has 0 spiro atoms. The molecule has 142 valence electrons. The number of benzene rings is 1. The highest BCUT2D eigenvalue weighted by molar-refractivity contribution is 6.01. The number of hydrogen-bond donors (Lipinski definition) is 1. The van der Waals surface area contributed by atoms with Gasteiger partial charge in [0.2, 0.25) is 0 Å². The lowest BCUT2D eigenvalue weighted by molar-refractivity contribution is -0.117. The Kier molecular flexibility index (Phi) is 7.21. The zero-order chi connectivity index (χ0) is 19.8. The molecule has 1 aromatic heterocycles. The van der Waals surface area contributed by atoms with Gasteiger partial charge in [-0.3, -0.25) is 4.79 Å². The fourth-order valence-corrected chi connectivity index (χ4v) is 2.88. The molecule has 6 heteroatoms. The minimum absolute atomic E-state index is 0.0856. The number of rotatable bonds is 8. The van der Waals surface area contributed by atoms with Crippen LogP contribution in [-0.2, 0) is 9.53 Å². The third-order valence-electron chi connectivity index (χ3n) is 4.28. The topological polar surface area (TPSA) is 76.3 Å². The smallest absolute Gasteiger partial charge is 0.261 e. The van der Waals surface area contributed by atoms with E-state index in [1.165, 1.54) is 0 Å². The summed E-state index contributed by atoms with van der Waals surface area (Å²) in [6.07, 6.45) is 2.33. The summed E-state index contributed by atoms with van der Waals surface area (Å²) in [7, 11) is 3.24. The average molecular weight is 367 g/mol. The number of hydrogen-bond acceptors (Lipinski definition) is 4. The summed E-state index contributed by atoms with van der Waals surface area (Å²) in [5.41, 5.74) is 3.89. The molecule has 2 aromatic rings. The molecule has 0 radical (unpaired) electrons. The van der Waals surface area contributed by atoms with E-state index in [1.54, 1.807) is 20.3 Å². The van der Waals surface area contributed by atoms with Crippen LogP contribution in [0.5, 0.6) is 5.75 Å². The molecule has 0 fully saturated rings. The van der Waals surface area contributed by atoms with Crippen LogP contribution in [0.3, 0.4) is 0 Å². The minimum Gasteiger partial charge on any atom is -0.497 e. The minimum atomic E-state index is -0.372. The molecule has 0 unspecified atom stereocenters. The van der Waals surface area contributed by atoms with Gasteiger partial charge in [-0.25, -0.2) is 0 Å². The van der Waals surface area contributed by atoms with Gasteiger partial charge in [-0.15, -0.1) is 0 Å². The Bertz CT molecular complexity index is 858. The summed E-state index contributed by atoms with van der Waals surface area (Å²) in [5.74, 6) is 0.418. The molecular weight excluding hydrogens is 342 g/mol. The summed E-state index contributed by atoms with van der Waals surface area (Å²) in [6, 6.07) is 11.7. The Morgan fingerprint density at radius 1 is 1.26 bits per heavy atom. The third-order valence-corrected chi connectivity index (χ3v) is 4.28. The Balaban J connectivity index is 2.26. The van der Waals surface area contributed by atoms with Crippen molar-refractivity contribution in [3.63, 3.8) is 0 Å². The molecule has 0 saturated heterocycles. The van der Waals surface area contributed by atoms with E-state index >= 15 is 0 Å². The van der Waals surface area contributed by atoms with Crippen LogP contribution >= 0.6 is 0 Å². The lowest BCUT2D eigenvalue weighted by atomic mass is 10.1. The zero-order valence-corrected chi connectivity index (χ0v) is 16.2. The standard InChI is InChI=1S/C21H25N3O3/c1-15-12-17(13-18(14-22)21(25)23-10-5-11-26-3)16(2)24(15)19-6-8-20(27-4)9-7-19/h6-9,12-13H,5,10-11H2,1-4H3,(H,23,25). The van der Waals surface area contributed by atoms with Crippen molar-refractivity contribution < 1.29 is 14.3 Å². The number of ether oxygens (including phenoxy) is 2. The summed E-state index contributed by atoms with van der Waals surface area (Å²) in [6.45, 7) is 4.99. The quantitative estimate of drug-likeness (QED) is 0.442. The van der Waals surface area contributed by atoms with Gasteiger partial charge in [-0.2, -0.15) is 5.26 Å².